The number of nitrogens with two attached hydrogens (primary N) is 1. The smallest absolute Gasteiger partial charge is 0.293 e. The Kier molecular flexibility index (Phi) is 6.41. The van der Waals surface area contributed by atoms with Gasteiger partial charge in [-0.05, 0) is 12.1 Å². The molecule has 0 heterocycles. The first-order chi connectivity index (χ1) is 9.56. The molecule has 0 fully saturated rings. The van der Waals surface area contributed by atoms with Gasteiger partial charge in [0.1, 0.15) is 5.69 Å². The van der Waals surface area contributed by atoms with Crippen LogP contribution in [0.3, 0.4) is 0 Å². The minimum atomic E-state index is -0.694. The molecule has 0 spiro atoms. The molecule has 0 aliphatic rings. The van der Waals surface area contributed by atoms with E-state index in [0.29, 0.717) is 31.9 Å². The number of amides is 1. The largest absolute Gasteiger partial charge is 0.383 e. The van der Waals surface area contributed by atoms with E-state index in [-0.39, 0.29) is 11.3 Å². The Bertz CT molecular complexity index is 479. The van der Waals surface area contributed by atoms with Crippen molar-refractivity contribution in [1.82, 2.24) is 5.32 Å². The summed E-state index contributed by atoms with van der Waals surface area (Å²) in [6, 6.07) is 4.10. The Morgan fingerprint density at radius 2 is 2.15 bits per heavy atom. The fourth-order valence-corrected chi connectivity index (χ4v) is 1.57. The van der Waals surface area contributed by atoms with Gasteiger partial charge in [-0.15, -0.1) is 0 Å². The lowest BCUT2D eigenvalue weighted by atomic mass is 10.1. The highest BCUT2D eigenvalue weighted by Crippen LogP contribution is 2.25. The summed E-state index contributed by atoms with van der Waals surface area (Å²) in [6.07, 6.45) is 0. The van der Waals surface area contributed by atoms with E-state index in [9.17, 15) is 14.9 Å². The van der Waals surface area contributed by atoms with Crippen LogP contribution in [0.4, 0.5) is 11.4 Å². The number of hydrogen-bond donors (Lipinski definition) is 3. The number of primary amides is 1. The summed E-state index contributed by atoms with van der Waals surface area (Å²) >= 11 is 0. The number of ether oxygens (including phenoxy) is 1. The van der Waals surface area contributed by atoms with E-state index in [1.807, 2.05) is 0 Å². The lowest BCUT2D eigenvalue weighted by molar-refractivity contribution is -0.384. The summed E-state index contributed by atoms with van der Waals surface area (Å²) in [4.78, 5) is 21.4. The molecule has 8 nitrogen and oxygen atoms in total. The molecule has 0 aliphatic carbocycles. The first-order valence-electron chi connectivity index (χ1n) is 6.08. The summed E-state index contributed by atoms with van der Waals surface area (Å²) < 4.78 is 4.88. The Hall–Kier alpha value is -2.19. The number of nitro benzene ring substituents is 1. The molecular weight excluding hydrogens is 264 g/mol. The first kappa shape index (κ1) is 15.9. The molecule has 1 rings (SSSR count). The molecule has 0 saturated heterocycles. The van der Waals surface area contributed by atoms with Crippen molar-refractivity contribution in [2.24, 2.45) is 5.73 Å². The molecule has 0 bridgehead atoms. The number of carbonyl (C=O) groups is 1. The van der Waals surface area contributed by atoms with Gasteiger partial charge in [-0.1, -0.05) is 0 Å². The zero-order valence-corrected chi connectivity index (χ0v) is 11.2. The Morgan fingerprint density at radius 3 is 2.75 bits per heavy atom. The second-order valence-corrected chi connectivity index (χ2v) is 4.02. The van der Waals surface area contributed by atoms with Crippen LogP contribution in [0.5, 0.6) is 0 Å². The third kappa shape index (κ3) is 4.82. The third-order valence-electron chi connectivity index (χ3n) is 2.58. The van der Waals surface area contributed by atoms with Crippen molar-refractivity contribution in [2.45, 2.75) is 0 Å². The van der Waals surface area contributed by atoms with Gasteiger partial charge < -0.3 is 21.1 Å². The molecule has 8 heteroatoms. The second kappa shape index (κ2) is 8.08. The number of rotatable bonds is 9. The molecule has 1 amide bonds. The van der Waals surface area contributed by atoms with Gasteiger partial charge in [-0.25, -0.2) is 0 Å². The van der Waals surface area contributed by atoms with E-state index >= 15 is 0 Å². The third-order valence-corrected chi connectivity index (χ3v) is 2.58. The fourth-order valence-electron chi connectivity index (χ4n) is 1.57. The van der Waals surface area contributed by atoms with E-state index in [2.05, 4.69) is 10.6 Å². The van der Waals surface area contributed by atoms with Crippen LogP contribution in [-0.4, -0.2) is 44.2 Å². The van der Waals surface area contributed by atoms with Crippen LogP contribution in [0, 0.1) is 10.1 Å². The van der Waals surface area contributed by atoms with E-state index in [1.165, 1.54) is 18.2 Å². The zero-order valence-electron chi connectivity index (χ0n) is 11.2. The minimum Gasteiger partial charge on any atom is -0.383 e. The molecule has 0 aliphatic heterocycles. The molecule has 0 unspecified atom stereocenters. The number of carbonyl (C=O) groups excluding carboxylic acids is 1. The Balaban J connectivity index is 2.60. The van der Waals surface area contributed by atoms with E-state index in [0.717, 1.165) is 0 Å². The van der Waals surface area contributed by atoms with Crippen molar-refractivity contribution in [3.8, 4) is 0 Å². The molecule has 0 radical (unpaired) electrons. The maximum Gasteiger partial charge on any atom is 0.293 e. The van der Waals surface area contributed by atoms with Crippen LogP contribution < -0.4 is 16.4 Å². The molecule has 1 aromatic rings. The average molecular weight is 282 g/mol. The molecule has 0 atom stereocenters. The maximum atomic E-state index is 11.0. The summed E-state index contributed by atoms with van der Waals surface area (Å²) in [5, 5.41) is 17.0. The van der Waals surface area contributed by atoms with Crippen molar-refractivity contribution >= 4 is 17.3 Å². The molecule has 4 N–H and O–H groups in total. The van der Waals surface area contributed by atoms with Crippen molar-refractivity contribution < 1.29 is 14.5 Å². The average Bonchev–Trinajstić information content (AvgIpc) is 2.42. The standard InChI is InChI=1S/C12H18N4O4/c1-20-7-6-14-4-5-15-10-3-2-9(12(13)17)8-11(10)16(18)19/h2-3,8,14-15H,4-7H2,1H3,(H2,13,17). The highest BCUT2D eigenvalue weighted by Gasteiger charge is 2.15. The monoisotopic (exact) mass is 282 g/mol. The van der Waals surface area contributed by atoms with Crippen molar-refractivity contribution in [3.63, 3.8) is 0 Å². The number of nitro groups is 1. The summed E-state index contributed by atoms with van der Waals surface area (Å²) in [5.41, 5.74) is 5.40. The molecule has 0 aromatic heterocycles. The van der Waals surface area contributed by atoms with E-state index in [1.54, 1.807) is 7.11 Å². The number of benzene rings is 1. The van der Waals surface area contributed by atoms with Gasteiger partial charge in [0.15, 0.2) is 0 Å². The van der Waals surface area contributed by atoms with Crippen LogP contribution in [0.25, 0.3) is 0 Å². The SMILES string of the molecule is COCCNCCNc1ccc(C(N)=O)cc1[N+](=O)[O-]. The summed E-state index contributed by atoms with van der Waals surface area (Å²) in [7, 11) is 1.61. The molecule has 20 heavy (non-hydrogen) atoms. The van der Waals surface area contributed by atoms with Gasteiger partial charge in [-0.3, -0.25) is 14.9 Å². The van der Waals surface area contributed by atoms with Crippen LogP contribution >= 0.6 is 0 Å². The van der Waals surface area contributed by atoms with Gasteiger partial charge in [-0.2, -0.15) is 0 Å². The lowest BCUT2D eigenvalue weighted by Crippen LogP contribution is -2.25. The topological polar surface area (TPSA) is 120 Å². The van der Waals surface area contributed by atoms with Crippen LogP contribution in [0.2, 0.25) is 0 Å². The number of nitrogens with one attached hydrogen (secondary N) is 2. The predicted octanol–water partition coefficient (Wildman–Crippen LogP) is 0.342. The fraction of sp³-hybridized carbons (Fsp3) is 0.417. The number of methoxy groups -OCH3 is 1. The van der Waals surface area contributed by atoms with Crippen LogP contribution in [0.15, 0.2) is 18.2 Å². The molecular formula is C12H18N4O4. The Labute approximate surface area is 116 Å². The molecule has 0 saturated carbocycles. The maximum absolute atomic E-state index is 11.0. The first-order valence-corrected chi connectivity index (χ1v) is 6.08. The molecule has 1 aromatic carbocycles. The lowest BCUT2D eigenvalue weighted by Gasteiger charge is -2.08. The highest BCUT2D eigenvalue weighted by atomic mass is 16.6. The van der Waals surface area contributed by atoms with Crippen molar-refractivity contribution in [2.75, 3.05) is 38.7 Å². The van der Waals surface area contributed by atoms with Crippen LogP contribution in [-0.2, 0) is 4.74 Å². The van der Waals surface area contributed by atoms with Crippen molar-refractivity contribution in [1.29, 1.82) is 0 Å². The normalized spacial score (nSPS) is 10.2. The minimum absolute atomic E-state index is 0.112. The number of hydrogen-bond acceptors (Lipinski definition) is 6. The van der Waals surface area contributed by atoms with Gasteiger partial charge in [0.05, 0.1) is 11.5 Å². The van der Waals surface area contributed by atoms with E-state index < -0.39 is 10.8 Å². The Morgan fingerprint density at radius 1 is 1.40 bits per heavy atom. The zero-order chi connectivity index (χ0) is 15.0. The highest BCUT2D eigenvalue weighted by molar-refractivity contribution is 5.94. The predicted molar refractivity (Wildman–Crippen MR) is 74.8 cm³/mol. The number of anilines is 1. The summed E-state index contributed by atoms with van der Waals surface area (Å²) in [5.74, 6) is -0.694. The molecule has 110 valence electrons. The van der Waals surface area contributed by atoms with E-state index in [4.69, 9.17) is 10.5 Å². The van der Waals surface area contributed by atoms with Gasteiger partial charge in [0, 0.05) is 38.4 Å². The quantitative estimate of drug-likeness (QED) is 0.341. The summed E-state index contributed by atoms with van der Waals surface area (Å²) in [6.45, 7) is 2.47. The number of nitrogens with zero attached hydrogens (tertiary/aromatic N) is 1. The van der Waals surface area contributed by atoms with Gasteiger partial charge in [0.25, 0.3) is 5.69 Å². The van der Waals surface area contributed by atoms with Gasteiger partial charge in [0.2, 0.25) is 5.91 Å². The second-order valence-electron chi connectivity index (χ2n) is 4.02. The van der Waals surface area contributed by atoms with Gasteiger partial charge >= 0.3 is 0 Å². The van der Waals surface area contributed by atoms with Crippen molar-refractivity contribution in [3.05, 3.63) is 33.9 Å². The van der Waals surface area contributed by atoms with Crippen LogP contribution in [0.1, 0.15) is 10.4 Å².